The number of allylic oxidation sites excluding steroid dienone is 1. The van der Waals surface area contributed by atoms with Crippen LogP contribution in [0.2, 0.25) is 10.0 Å². The van der Waals surface area contributed by atoms with E-state index < -0.39 is 23.8 Å². The van der Waals surface area contributed by atoms with Gasteiger partial charge in [0.15, 0.2) is 6.29 Å². The topological polar surface area (TPSA) is 92.7 Å². The number of nitrogens with zero attached hydrogens (tertiary/aromatic N) is 1. The molecule has 42 heavy (non-hydrogen) atoms. The number of halogens is 2. The Labute approximate surface area is 256 Å². The molecule has 0 spiro atoms. The van der Waals surface area contributed by atoms with Crippen LogP contribution in [-0.4, -0.2) is 57.5 Å². The van der Waals surface area contributed by atoms with Crippen molar-refractivity contribution in [3.63, 3.8) is 0 Å². The van der Waals surface area contributed by atoms with Crippen molar-refractivity contribution in [3.05, 3.63) is 74.9 Å². The molecule has 226 valence electrons. The molecular weight excluding hydrogens is 581 g/mol. The van der Waals surface area contributed by atoms with E-state index >= 15 is 0 Å². The standard InChI is InChI=1S/C32H37Cl2NO7/c1-20-27(31(36)38-3)29(24-8-6-9-25(33)30(24)34)28(21(2)35-20)32(37)42-18-7-17-39-23-13-11-22(12-14-23)15-19-41-26-10-4-5-16-40-26/h6,8-9,11-14,26-27,29H,4-5,7,10,15-19H2,1-3H3. The van der Waals surface area contributed by atoms with E-state index in [4.69, 9.17) is 46.9 Å². The summed E-state index contributed by atoms with van der Waals surface area (Å²) in [6.45, 7) is 5.30. The smallest absolute Gasteiger partial charge is 0.336 e. The van der Waals surface area contributed by atoms with Gasteiger partial charge in [0.05, 0.1) is 42.5 Å². The summed E-state index contributed by atoms with van der Waals surface area (Å²) < 4.78 is 27.9. The number of hydrogen-bond acceptors (Lipinski definition) is 8. The van der Waals surface area contributed by atoms with Crippen LogP contribution in [0.5, 0.6) is 5.75 Å². The van der Waals surface area contributed by atoms with Crippen molar-refractivity contribution in [3.8, 4) is 5.75 Å². The lowest BCUT2D eigenvalue weighted by molar-refractivity contribution is -0.161. The second-order valence-corrected chi connectivity index (χ2v) is 11.1. The lowest BCUT2D eigenvalue weighted by atomic mass is 9.75. The fourth-order valence-corrected chi connectivity index (χ4v) is 5.65. The molecule has 0 N–H and O–H groups in total. The molecule has 2 aliphatic heterocycles. The third-order valence-corrected chi connectivity index (χ3v) is 8.20. The van der Waals surface area contributed by atoms with E-state index in [0.29, 0.717) is 41.6 Å². The Kier molecular flexibility index (Phi) is 11.8. The highest BCUT2D eigenvalue weighted by Gasteiger charge is 2.43. The molecule has 2 heterocycles. The van der Waals surface area contributed by atoms with Crippen molar-refractivity contribution in [2.75, 3.05) is 33.5 Å². The largest absolute Gasteiger partial charge is 0.493 e. The molecule has 2 aliphatic rings. The number of rotatable bonds is 12. The molecule has 0 aliphatic carbocycles. The van der Waals surface area contributed by atoms with Gasteiger partial charge in [0, 0.05) is 30.4 Å². The molecule has 2 aromatic carbocycles. The summed E-state index contributed by atoms with van der Waals surface area (Å²) in [5, 5.41) is 0.576. The molecule has 0 amide bonds. The molecule has 3 atom stereocenters. The minimum Gasteiger partial charge on any atom is -0.493 e. The lowest BCUT2D eigenvalue weighted by Gasteiger charge is -2.32. The predicted molar refractivity (Wildman–Crippen MR) is 161 cm³/mol. The second-order valence-electron chi connectivity index (χ2n) is 10.3. The van der Waals surface area contributed by atoms with Crippen molar-refractivity contribution in [2.24, 2.45) is 10.9 Å². The molecule has 0 saturated carbocycles. The Bertz CT molecular complexity index is 1300. The van der Waals surface area contributed by atoms with Gasteiger partial charge in [-0.3, -0.25) is 9.79 Å². The van der Waals surface area contributed by atoms with Crippen LogP contribution in [0, 0.1) is 5.92 Å². The van der Waals surface area contributed by atoms with Gasteiger partial charge < -0.3 is 23.7 Å². The number of carbonyl (C=O) groups excluding carboxylic acids is 2. The quantitative estimate of drug-likeness (QED) is 0.193. The number of methoxy groups -OCH3 is 1. The maximum atomic E-state index is 13.4. The van der Waals surface area contributed by atoms with Crippen LogP contribution < -0.4 is 4.74 Å². The van der Waals surface area contributed by atoms with Gasteiger partial charge in [-0.05, 0) is 68.9 Å². The Morgan fingerprint density at radius 1 is 1.02 bits per heavy atom. The highest BCUT2D eigenvalue weighted by molar-refractivity contribution is 6.42. The molecule has 4 rings (SSSR count). The average Bonchev–Trinajstić information content (AvgIpc) is 2.99. The summed E-state index contributed by atoms with van der Waals surface area (Å²) in [5.74, 6) is -1.99. The van der Waals surface area contributed by atoms with E-state index in [1.807, 2.05) is 24.3 Å². The van der Waals surface area contributed by atoms with Gasteiger partial charge in [0.1, 0.15) is 11.7 Å². The summed E-state index contributed by atoms with van der Waals surface area (Å²) in [4.78, 5) is 30.7. The Morgan fingerprint density at radius 2 is 1.81 bits per heavy atom. The van der Waals surface area contributed by atoms with Gasteiger partial charge in [0.25, 0.3) is 0 Å². The predicted octanol–water partition coefficient (Wildman–Crippen LogP) is 6.71. The van der Waals surface area contributed by atoms with Crippen LogP contribution in [-0.2, 0) is 35.0 Å². The van der Waals surface area contributed by atoms with Gasteiger partial charge in [0.2, 0.25) is 0 Å². The molecule has 10 heteroatoms. The summed E-state index contributed by atoms with van der Waals surface area (Å²) in [6.07, 6.45) is 4.40. The molecule has 0 radical (unpaired) electrons. The van der Waals surface area contributed by atoms with Gasteiger partial charge in [-0.1, -0.05) is 47.5 Å². The second kappa shape index (κ2) is 15.5. The molecule has 8 nitrogen and oxygen atoms in total. The fourth-order valence-electron chi connectivity index (χ4n) is 5.23. The third-order valence-electron chi connectivity index (χ3n) is 7.37. The van der Waals surface area contributed by atoms with Crippen LogP contribution in [0.1, 0.15) is 56.6 Å². The van der Waals surface area contributed by atoms with E-state index in [-0.39, 0.29) is 23.5 Å². The van der Waals surface area contributed by atoms with E-state index in [1.54, 1.807) is 32.0 Å². The van der Waals surface area contributed by atoms with Crippen LogP contribution in [0.15, 0.2) is 58.7 Å². The molecule has 1 saturated heterocycles. The van der Waals surface area contributed by atoms with E-state index in [2.05, 4.69) is 4.99 Å². The van der Waals surface area contributed by atoms with Crippen molar-refractivity contribution >= 4 is 40.9 Å². The summed E-state index contributed by atoms with van der Waals surface area (Å²) in [5.41, 5.74) is 2.89. The van der Waals surface area contributed by atoms with Crippen molar-refractivity contribution in [1.82, 2.24) is 0 Å². The first kappa shape index (κ1) is 32.0. The number of carbonyl (C=O) groups is 2. The van der Waals surface area contributed by atoms with E-state index in [1.165, 1.54) is 7.11 Å². The summed E-state index contributed by atoms with van der Waals surface area (Å²) in [6, 6.07) is 13.0. The van der Waals surface area contributed by atoms with Crippen LogP contribution >= 0.6 is 23.2 Å². The number of hydrogen-bond donors (Lipinski definition) is 0. The summed E-state index contributed by atoms with van der Waals surface area (Å²) in [7, 11) is 1.30. The minimum atomic E-state index is -0.851. The first-order chi connectivity index (χ1) is 20.3. The van der Waals surface area contributed by atoms with Gasteiger partial charge >= 0.3 is 11.9 Å². The number of aliphatic imine (C=N–C) groups is 1. The number of esters is 2. The van der Waals surface area contributed by atoms with Crippen LogP contribution in [0.25, 0.3) is 0 Å². The Balaban J connectivity index is 1.30. The third kappa shape index (κ3) is 8.13. The zero-order chi connectivity index (χ0) is 30.1. The molecule has 0 bridgehead atoms. The lowest BCUT2D eigenvalue weighted by Crippen LogP contribution is -2.36. The zero-order valence-electron chi connectivity index (χ0n) is 24.2. The molecule has 1 fully saturated rings. The number of benzene rings is 2. The van der Waals surface area contributed by atoms with E-state index in [0.717, 1.165) is 43.6 Å². The highest BCUT2D eigenvalue weighted by atomic mass is 35.5. The SMILES string of the molecule is COC(=O)C1C(C)=NC(C)=C(C(=O)OCCCOc2ccc(CCOC3CCCCO3)cc2)C1c1cccc(Cl)c1Cl. The first-order valence-corrected chi connectivity index (χ1v) is 15.0. The molecular formula is C32H37Cl2NO7. The molecule has 2 aromatic rings. The Morgan fingerprint density at radius 3 is 2.52 bits per heavy atom. The maximum Gasteiger partial charge on any atom is 0.336 e. The van der Waals surface area contributed by atoms with Crippen LogP contribution in [0.4, 0.5) is 0 Å². The monoisotopic (exact) mass is 617 g/mol. The van der Waals surface area contributed by atoms with Gasteiger partial charge in [-0.15, -0.1) is 0 Å². The van der Waals surface area contributed by atoms with Crippen molar-refractivity contribution < 1.29 is 33.3 Å². The van der Waals surface area contributed by atoms with Gasteiger partial charge in [-0.25, -0.2) is 4.79 Å². The molecule has 3 unspecified atom stereocenters. The minimum absolute atomic E-state index is 0.0829. The fraction of sp³-hybridized carbons (Fsp3) is 0.469. The maximum absolute atomic E-state index is 13.4. The van der Waals surface area contributed by atoms with Crippen molar-refractivity contribution in [1.29, 1.82) is 0 Å². The van der Waals surface area contributed by atoms with Crippen LogP contribution in [0.3, 0.4) is 0 Å². The normalized spacial score (nSPS) is 20.6. The Hall–Kier alpha value is -2.91. The molecule has 0 aromatic heterocycles. The first-order valence-electron chi connectivity index (χ1n) is 14.2. The highest BCUT2D eigenvalue weighted by Crippen LogP contribution is 2.44. The van der Waals surface area contributed by atoms with Gasteiger partial charge in [-0.2, -0.15) is 0 Å². The van der Waals surface area contributed by atoms with E-state index in [9.17, 15) is 9.59 Å². The zero-order valence-corrected chi connectivity index (χ0v) is 25.7. The summed E-state index contributed by atoms with van der Waals surface area (Å²) >= 11 is 12.8. The van der Waals surface area contributed by atoms with Crippen molar-refractivity contribution in [2.45, 2.75) is 58.2 Å². The average molecular weight is 619 g/mol. The number of ether oxygens (including phenoxy) is 5.